The zero-order chi connectivity index (χ0) is 13.2. The first-order valence-electron chi connectivity index (χ1n) is 6.14. The molecule has 0 heterocycles. The molecule has 0 atom stereocenters. The molecule has 0 unspecified atom stereocenters. The number of amides is 1. The van der Waals surface area contributed by atoms with Crippen molar-refractivity contribution in [2.45, 2.75) is 26.2 Å². The van der Waals surface area contributed by atoms with Crippen molar-refractivity contribution in [3.63, 3.8) is 0 Å². The van der Waals surface area contributed by atoms with E-state index < -0.39 is 0 Å². The molecule has 0 fully saturated rings. The number of nitriles is 1. The van der Waals surface area contributed by atoms with Crippen LogP contribution in [0.25, 0.3) is 0 Å². The second-order valence-electron chi connectivity index (χ2n) is 3.95. The summed E-state index contributed by atoms with van der Waals surface area (Å²) in [7, 11) is 0. The van der Waals surface area contributed by atoms with Crippen molar-refractivity contribution >= 4 is 23.4 Å². The normalized spacial score (nSPS) is 9.78. The molecule has 0 saturated carbocycles. The number of thioether (sulfide) groups is 1. The van der Waals surface area contributed by atoms with Gasteiger partial charge in [0.15, 0.2) is 0 Å². The first kappa shape index (κ1) is 14.6. The summed E-state index contributed by atoms with van der Waals surface area (Å²) in [6, 6.07) is 8.95. The Morgan fingerprint density at radius 1 is 1.33 bits per heavy atom. The maximum atomic E-state index is 11.6. The van der Waals surface area contributed by atoms with Crippen LogP contribution in [0, 0.1) is 11.3 Å². The number of hydrogen-bond donors (Lipinski definition) is 1. The van der Waals surface area contributed by atoms with Crippen LogP contribution in [0.4, 0.5) is 5.69 Å². The zero-order valence-corrected chi connectivity index (χ0v) is 11.4. The Morgan fingerprint density at radius 2 is 2.06 bits per heavy atom. The Bertz CT molecular complexity index is 409. The van der Waals surface area contributed by atoms with Crippen molar-refractivity contribution in [2.75, 3.05) is 16.8 Å². The molecule has 0 aromatic heterocycles. The van der Waals surface area contributed by atoms with E-state index in [2.05, 4.69) is 12.2 Å². The minimum absolute atomic E-state index is 0.0387. The van der Waals surface area contributed by atoms with Gasteiger partial charge in [-0.25, -0.2) is 0 Å². The summed E-state index contributed by atoms with van der Waals surface area (Å²) in [4.78, 5) is 11.6. The number of anilines is 1. The van der Waals surface area contributed by atoms with Gasteiger partial charge >= 0.3 is 0 Å². The number of nitrogens with zero attached hydrogens (tertiary/aromatic N) is 1. The lowest BCUT2D eigenvalue weighted by Gasteiger charge is -2.05. The molecule has 0 spiro atoms. The monoisotopic (exact) mass is 262 g/mol. The Kier molecular flexibility index (Phi) is 6.97. The third kappa shape index (κ3) is 5.74. The number of nitrogens with one attached hydrogen (secondary N) is 1. The van der Waals surface area contributed by atoms with Crippen LogP contribution in [0.2, 0.25) is 0 Å². The average Bonchev–Trinajstić information content (AvgIpc) is 2.39. The lowest BCUT2D eigenvalue weighted by Crippen LogP contribution is -2.11. The SMILES string of the molecule is CCCSCCCC(=O)Nc1ccc(C#N)cc1. The van der Waals surface area contributed by atoms with E-state index in [0.717, 1.165) is 23.6 Å². The maximum Gasteiger partial charge on any atom is 0.224 e. The predicted molar refractivity (Wildman–Crippen MR) is 76.6 cm³/mol. The number of benzene rings is 1. The zero-order valence-electron chi connectivity index (χ0n) is 10.6. The molecule has 0 radical (unpaired) electrons. The van der Waals surface area contributed by atoms with Gasteiger partial charge in [-0.05, 0) is 48.6 Å². The number of hydrogen-bond acceptors (Lipinski definition) is 3. The summed E-state index contributed by atoms with van der Waals surface area (Å²) in [5.74, 6) is 2.24. The quantitative estimate of drug-likeness (QED) is 0.766. The first-order valence-corrected chi connectivity index (χ1v) is 7.29. The second-order valence-corrected chi connectivity index (χ2v) is 5.18. The van der Waals surface area contributed by atoms with Gasteiger partial charge in [0.25, 0.3) is 0 Å². The van der Waals surface area contributed by atoms with Gasteiger partial charge in [0.1, 0.15) is 0 Å². The molecule has 18 heavy (non-hydrogen) atoms. The average molecular weight is 262 g/mol. The van der Waals surface area contributed by atoms with Gasteiger partial charge in [0, 0.05) is 12.1 Å². The highest BCUT2D eigenvalue weighted by atomic mass is 32.2. The van der Waals surface area contributed by atoms with E-state index in [4.69, 9.17) is 5.26 Å². The highest BCUT2D eigenvalue weighted by Gasteiger charge is 2.02. The van der Waals surface area contributed by atoms with Gasteiger partial charge < -0.3 is 5.32 Å². The number of carbonyl (C=O) groups excluding carboxylic acids is 1. The number of carbonyl (C=O) groups is 1. The minimum atomic E-state index is 0.0387. The fourth-order valence-corrected chi connectivity index (χ4v) is 2.27. The molecular formula is C14H18N2OS. The van der Waals surface area contributed by atoms with Crippen molar-refractivity contribution in [1.82, 2.24) is 0 Å². The molecule has 0 aliphatic rings. The van der Waals surface area contributed by atoms with Crippen molar-refractivity contribution in [3.8, 4) is 6.07 Å². The molecule has 96 valence electrons. The molecule has 4 heteroatoms. The van der Waals surface area contributed by atoms with E-state index >= 15 is 0 Å². The highest BCUT2D eigenvalue weighted by Crippen LogP contribution is 2.10. The van der Waals surface area contributed by atoms with Gasteiger partial charge in [-0.1, -0.05) is 6.92 Å². The Morgan fingerprint density at radius 3 is 2.67 bits per heavy atom. The van der Waals surface area contributed by atoms with Crippen molar-refractivity contribution in [2.24, 2.45) is 0 Å². The molecular weight excluding hydrogens is 244 g/mol. The molecule has 0 aliphatic heterocycles. The second kappa shape index (κ2) is 8.60. The van der Waals surface area contributed by atoms with Crippen LogP contribution in [-0.4, -0.2) is 17.4 Å². The van der Waals surface area contributed by atoms with Gasteiger partial charge in [-0.2, -0.15) is 17.0 Å². The summed E-state index contributed by atoms with van der Waals surface area (Å²) >= 11 is 1.89. The van der Waals surface area contributed by atoms with Crippen LogP contribution in [0.1, 0.15) is 31.7 Å². The van der Waals surface area contributed by atoms with Gasteiger partial charge in [0.05, 0.1) is 11.6 Å². The van der Waals surface area contributed by atoms with E-state index in [1.165, 1.54) is 6.42 Å². The molecule has 0 aliphatic carbocycles. The summed E-state index contributed by atoms with van der Waals surface area (Å²) in [6.45, 7) is 2.16. The van der Waals surface area contributed by atoms with Gasteiger partial charge in [-0.15, -0.1) is 0 Å². The molecule has 1 aromatic carbocycles. The van der Waals surface area contributed by atoms with E-state index in [-0.39, 0.29) is 5.91 Å². The van der Waals surface area contributed by atoms with Crippen LogP contribution >= 0.6 is 11.8 Å². The van der Waals surface area contributed by atoms with Crippen molar-refractivity contribution in [3.05, 3.63) is 29.8 Å². The summed E-state index contributed by atoms with van der Waals surface area (Å²) in [6.07, 6.45) is 2.64. The van der Waals surface area contributed by atoms with E-state index in [9.17, 15) is 4.79 Å². The standard InChI is InChI=1S/C14H18N2OS/c1-2-9-18-10-3-4-14(17)16-13-7-5-12(11-15)6-8-13/h5-8H,2-4,9-10H2,1H3,(H,16,17). The smallest absolute Gasteiger partial charge is 0.224 e. The van der Waals surface area contributed by atoms with E-state index in [0.29, 0.717) is 12.0 Å². The Hall–Kier alpha value is -1.47. The third-order valence-corrected chi connectivity index (χ3v) is 3.61. The number of rotatable bonds is 7. The Balaban J connectivity index is 2.25. The topological polar surface area (TPSA) is 52.9 Å². The van der Waals surface area contributed by atoms with Crippen LogP contribution in [-0.2, 0) is 4.79 Å². The molecule has 1 aromatic rings. The summed E-state index contributed by atoms with van der Waals surface area (Å²) < 4.78 is 0. The van der Waals surface area contributed by atoms with Crippen LogP contribution in [0.3, 0.4) is 0 Å². The molecule has 0 bridgehead atoms. The highest BCUT2D eigenvalue weighted by molar-refractivity contribution is 7.99. The summed E-state index contributed by atoms with van der Waals surface area (Å²) in [5.41, 5.74) is 1.35. The molecule has 1 amide bonds. The third-order valence-electron chi connectivity index (χ3n) is 2.34. The van der Waals surface area contributed by atoms with Gasteiger partial charge in [0.2, 0.25) is 5.91 Å². The fourth-order valence-electron chi connectivity index (χ4n) is 1.43. The summed E-state index contributed by atoms with van der Waals surface area (Å²) in [5, 5.41) is 11.5. The molecule has 1 rings (SSSR count). The molecule has 1 N–H and O–H groups in total. The predicted octanol–water partition coefficient (Wildman–Crippen LogP) is 3.42. The first-order chi connectivity index (χ1) is 8.76. The Labute approximate surface area is 113 Å². The molecule has 3 nitrogen and oxygen atoms in total. The largest absolute Gasteiger partial charge is 0.326 e. The van der Waals surface area contributed by atoms with Crippen LogP contribution < -0.4 is 5.32 Å². The van der Waals surface area contributed by atoms with Crippen LogP contribution in [0.15, 0.2) is 24.3 Å². The van der Waals surface area contributed by atoms with Gasteiger partial charge in [-0.3, -0.25) is 4.79 Å². The lowest BCUT2D eigenvalue weighted by atomic mass is 10.2. The minimum Gasteiger partial charge on any atom is -0.326 e. The molecule has 0 saturated heterocycles. The fraction of sp³-hybridized carbons (Fsp3) is 0.429. The van der Waals surface area contributed by atoms with E-state index in [1.54, 1.807) is 24.3 Å². The van der Waals surface area contributed by atoms with E-state index in [1.807, 2.05) is 17.8 Å². The van der Waals surface area contributed by atoms with Crippen molar-refractivity contribution < 1.29 is 4.79 Å². The lowest BCUT2D eigenvalue weighted by molar-refractivity contribution is -0.116. The maximum absolute atomic E-state index is 11.6. The van der Waals surface area contributed by atoms with Crippen molar-refractivity contribution in [1.29, 1.82) is 5.26 Å². The van der Waals surface area contributed by atoms with Crippen LogP contribution in [0.5, 0.6) is 0 Å².